The quantitative estimate of drug-likeness (QED) is 0.512. The number of urea groups is 1. The van der Waals surface area contributed by atoms with E-state index in [0.29, 0.717) is 35.8 Å². The van der Waals surface area contributed by atoms with Crippen LogP contribution in [0.4, 0.5) is 16.2 Å². The number of rotatable bonds is 5. The summed E-state index contributed by atoms with van der Waals surface area (Å²) >= 11 is 7.46. The highest BCUT2D eigenvalue weighted by Crippen LogP contribution is 2.42. The van der Waals surface area contributed by atoms with E-state index in [1.165, 1.54) is 0 Å². The van der Waals surface area contributed by atoms with Gasteiger partial charge in [0.2, 0.25) is 0 Å². The average Bonchev–Trinajstić information content (AvgIpc) is 2.89. The summed E-state index contributed by atoms with van der Waals surface area (Å²) in [7, 11) is 0. The predicted octanol–water partition coefficient (Wildman–Crippen LogP) is 5.84. The van der Waals surface area contributed by atoms with Gasteiger partial charge in [-0.3, -0.25) is 4.79 Å². The number of benzene rings is 3. The maximum Gasteiger partial charge on any atom is 0.319 e. The molecule has 0 unspecified atom stereocenters. The highest BCUT2D eigenvalue weighted by molar-refractivity contribution is 7.99. The molecule has 3 aromatic carbocycles. The lowest BCUT2D eigenvalue weighted by atomic mass is 10.1. The van der Waals surface area contributed by atoms with E-state index in [2.05, 4.69) is 10.6 Å². The highest BCUT2D eigenvalue weighted by Gasteiger charge is 2.26. The maximum absolute atomic E-state index is 13.1. The number of nitrogens with one attached hydrogen (secondary N) is 2. The number of hydrogen-bond donors (Lipinski definition) is 2. The number of hydrogen-bond acceptors (Lipinski definition) is 3. The molecule has 0 saturated carbocycles. The van der Waals surface area contributed by atoms with Crippen molar-refractivity contribution in [1.82, 2.24) is 5.32 Å². The third-order valence-electron chi connectivity index (χ3n) is 5.02. The smallest absolute Gasteiger partial charge is 0.319 e. The third-order valence-corrected chi connectivity index (χ3v) is 6.41. The fourth-order valence-corrected chi connectivity index (χ4v) is 4.64. The zero-order chi connectivity index (χ0) is 21.8. The van der Waals surface area contributed by atoms with Gasteiger partial charge in [-0.25, -0.2) is 4.79 Å². The van der Waals surface area contributed by atoms with Gasteiger partial charge in [-0.05, 0) is 61.4 Å². The molecule has 0 aliphatic carbocycles. The highest BCUT2D eigenvalue weighted by atomic mass is 35.5. The minimum atomic E-state index is -0.284. The van der Waals surface area contributed by atoms with Crippen LogP contribution in [0.25, 0.3) is 0 Å². The summed E-state index contributed by atoms with van der Waals surface area (Å²) in [6.45, 7) is 2.99. The van der Waals surface area contributed by atoms with Crippen molar-refractivity contribution in [3.63, 3.8) is 0 Å². The summed E-state index contributed by atoms with van der Waals surface area (Å²) in [6.07, 6.45) is 0.710. The Morgan fingerprint density at radius 2 is 1.81 bits per heavy atom. The molecule has 0 saturated heterocycles. The second-order valence-corrected chi connectivity index (χ2v) is 8.61. The molecule has 1 aliphatic heterocycles. The molecule has 0 fully saturated rings. The minimum Gasteiger partial charge on any atom is -0.338 e. The van der Waals surface area contributed by atoms with Crippen LogP contribution in [0.5, 0.6) is 0 Å². The van der Waals surface area contributed by atoms with Crippen LogP contribution in [0.2, 0.25) is 5.02 Å². The van der Waals surface area contributed by atoms with Crippen molar-refractivity contribution in [2.45, 2.75) is 23.1 Å². The van der Waals surface area contributed by atoms with Crippen LogP contribution in [0, 0.1) is 0 Å². The molecule has 2 N–H and O–H groups in total. The molecule has 4 rings (SSSR count). The molecule has 3 aromatic rings. The maximum atomic E-state index is 13.1. The summed E-state index contributed by atoms with van der Waals surface area (Å²) in [6, 6.07) is 20.6. The summed E-state index contributed by atoms with van der Waals surface area (Å²) in [5.41, 5.74) is 3.23. The molecule has 31 heavy (non-hydrogen) atoms. The predicted molar refractivity (Wildman–Crippen MR) is 127 cm³/mol. The van der Waals surface area contributed by atoms with Gasteiger partial charge in [-0.2, -0.15) is 0 Å². The Hall–Kier alpha value is -2.96. The lowest BCUT2D eigenvalue weighted by Gasteiger charge is -2.22. The summed E-state index contributed by atoms with van der Waals surface area (Å²) in [4.78, 5) is 29.1. The van der Waals surface area contributed by atoms with Gasteiger partial charge in [0.05, 0.1) is 11.3 Å². The van der Waals surface area contributed by atoms with Gasteiger partial charge >= 0.3 is 6.03 Å². The van der Waals surface area contributed by atoms with Gasteiger partial charge < -0.3 is 15.5 Å². The largest absolute Gasteiger partial charge is 0.338 e. The molecule has 0 aromatic heterocycles. The molecule has 1 aliphatic rings. The fourth-order valence-electron chi connectivity index (χ4n) is 3.46. The van der Waals surface area contributed by atoms with Crippen LogP contribution in [0.1, 0.15) is 22.8 Å². The topological polar surface area (TPSA) is 61.4 Å². The third kappa shape index (κ3) is 4.86. The molecule has 0 atom stereocenters. The van der Waals surface area contributed by atoms with Gasteiger partial charge in [-0.1, -0.05) is 47.6 Å². The number of anilines is 2. The van der Waals surface area contributed by atoms with E-state index in [0.717, 1.165) is 21.0 Å². The van der Waals surface area contributed by atoms with E-state index in [1.54, 1.807) is 16.7 Å². The van der Waals surface area contributed by atoms with E-state index in [4.69, 9.17) is 11.6 Å². The molecule has 158 valence electrons. The zero-order valence-electron chi connectivity index (χ0n) is 17.0. The monoisotopic (exact) mass is 451 g/mol. The molecule has 0 radical (unpaired) electrons. The number of nitrogens with zero attached hydrogens (tertiary/aromatic N) is 1. The molecule has 0 bridgehead atoms. The van der Waals surface area contributed by atoms with Crippen LogP contribution in [-0.2, 0) is 6.42 Å². The molecule has 7 heteroatoms. The van der Waals surface area contributed by atoms with Gasteiger partial charge in [0.25, 0.3) is 5.91 Å². The Balaban J connectivity index is 1.45. The first kappa shape index (κ1) is 21.3. The summed E-state index contributed by atoms with van der Waals surface area (Å²) in [5.74, 6) is -0.0334. The van der Waals surface area contributed by atoms with Crippen molar-refractivity contribution in [1.29, 1.82) is 0 Å². The first-order valence-electron chi connectivity index (χ1n) is 10.1. The zero-order valence-corrected chi connectivity index (χ0v) is 18.6. The van der Waals surface area contributed by atoms with E-state index in [9.17, 15) is 9.59 Å². The molecule has 0 spiro atoms. The number of amides is 3. The van der Waals surface area contributed by atoms with E-state index in [-0.39, 0.29) is 11.9 Å². The average molecular weight is 452 g/mol. The van der Waals surface area contributed by atoms with Crippen molar-refractivity contribution in [2.75, 3.05) is 23.3 Å². The van der Waals surface area contributed by atoms with Crippen molar-refractivity contribution in [3.05, 3.63) is 82.9 Å². The second-order valence-electron chi connectivity index (χ2n) is 7.09. The van der Waals surface area contributed by atoms with Gasteiger partial charge in [-0.15, -0.1) is 0 Å². The molecular weight excluding hydrogens is 430 g/mol. The van der Waals surface area contributed by atoms with Gasteiger partial charge in [0.1, 0.15) is 0 Å². The van der Waals surface area contributed by atoms with Crippen molar-refractivity contribution in [2.24, 2.45) is 0 Å². The lowest BCUT2D eigenvalue weighted by Crippen LogP contribution is -2.31. The Bertz CT molecular complexity index is 1120. The Morgan fingerprint density at radius 1 is 1.03 bits per heavy atom. The van der Waals surface area contributed by atoms with Crippen LogP contribution in [-0.4, -0.2) is 25.0 Å². The standard InChI is InChI=1S/C24H22ClN3O2S/c1-2-28-20-15-18(27-24(30)26-14-13-16-7-9-17(25)10-8-16)11-12-22(20)31-21-6-4-3-5-19(21)23(28)29/h3-12,15H,2,13-14H2,1H3,(H2,26,27,30). The van der Waals surface area contributed by atoms with Crippen molar-refractivity contribution in [3.8, 4) is 0 Å². The van der Waals surface area contributed by atoms with E-state index >= 15 is 0 Å². The number of carbonyl (C=O) groups is 2. The Labute approximate surface area is 190 Å². The summed E-state index contributed by atoms with van der Waals surface area (Å²) < 4.78 is 0. The summed E-state index contributed by atoms with van der Waals surface area (Å²) in [5, 5.41) is 6.43. The normalized spacial score (nSPS) is 12.6. The van der Waals surface area contributed by atoms with Crippen LogP contribution in [0.3, 0.4) is 0 Å². The molecule has 3 amide bonds. The van der Waals surface area contributed by atoms with Crippen molar-refractivity contribution < 1.29 is 9.59 Å². The van der Waals surface area contributed by atoms with Gasteiger partial charge in [0, 0.05) is 33.6 Å². The molecule has 5 nitrogen and oxygen atoms in total. The first-order chi connectivity index (χ1) is 15.0. The van der Waals surface area contributed by atoms with Crippen LogP contribution in [0.15, 0.2) is 76.5 Å². The van der Waals surface area contributed by atoms with E-state index < -0.39 is 0 Å². The van der Waals surface area contributed by atoms with Crippen molar-refractivity contribution >= 4 is 46.7 Å². The molecular formula is C24H22ClN3O2S. The number of halogens is 1. The van der Waals surface area contributed by atoms with Gasteiger partial charge in [0.15, 0.2) is 0 Å². The number of carbonyl (C=O) groups excluding carboxylic acids is 2. The fraction of sp³-hybridized carbons (Fsp3) is 0.167. The lowest BCUT2D eigenvalue weighted by molar-refractivity contribution is 0.0985. The SMILES string of the molecule is CCN1C(=O)c2ccccc2Sc2ccc(NC(=O)NCCc3ccc(Cl)cc3)cc21. The Morgan fingerprint density at radius 3 is 2.58 bits per heavy atom. The molecule has 1 heterocycles. The first-order valence-corrected chi connectivity index (χ1v) is 11.3. The van der Waals surface area contributed by atoms with Crippen LogP contribution < -0.4 is 15.5 Å². The van der Waals surface area contributed by atoms with E-state index in [1.807, 2.05) is 73.7 Å². The second kappa shape index (κ2) is 9.45. The number of fused-ring (bicyclic) bond motifs is 2. The Kier molecular flexibility index (Phi) is 6.49. The minimum absolute atomic E-state index is 0.0334. The van der Waals surface area contributed by atoms with Crippen LogP contribution >= 0.6 is 23.4 Å².